The molecule has 2 rings (SSSR count). The molecule has 74 valence electrons. The van der Waals surface area contributed by atoms with Crippen LogP contribution in [0.1, 0.15) is 34.1 Å². The number of ketones is 1. The molecule has 3 nitrogen and oxygen atoms in total. The Kier molecular flexibility index (Phi) is 1.40. The lowest BCUT2D eigenvalue weighted by molar-refractivity contribution is -0.154. The predicted octanol–water partition coefficient (Wildman–Crippen LogP) is 0.894. The molecule has 4 atom stereocenters. The molecule has 2 bridgehead atoms. The number of ether oxygens (including phenoxy) is 1. The van der Waals surface area contributed by atoms with E-state index in [4.69, 9.17) is 4.74 Å². The molecule has 1 heterocycles. The van der Waals surface area contributed by atoms with Gasteiger partial charge >= 0.3 is 0 Å². The number of aliphatic hydroxyl groups is 1. The van der Waals surface area contributed by atoms with Crippen LogP contribution in [0.15, 0.2) is 0 Å². The van der Waals surface area contributed by atoms with Gasteiger partial charge in [0.25, 0.3) is 0 Å². The molecule has 0 aromatic heterocycles. The van der Waals surface area contributed by atoms with Crippen molar-refractivity contribution in [2.24, 2.45) is 5.41 Å². The van der Waals surface area contributed by atoms with Gasteiger partial charge in [-0.05, 0) is 20.8 Å². The Labute approximate surface area is 78.1 Å². The van der Waals surface area contributed by atoms with Gasteiger partial charge in [0.15, 0.2) is 11.4 Å². The maximum absolute atomic E-state index is 11.6. The van der Waals surface area contributed by atoms with Crippen molar-refractivity contribution < 1.29 is 14.6 Å². The zero-order chi connectivity index (χ0) is 10.1. The normalized spacial score (nSPS) is 60.4. The van der Waals surface area contributed by atoms with E-state index in [-0.39, 0.29) is 11.9 Å². The fourth-order valence-electron chi connectivity index (χ4n) is 2.69. The minimum absolute atomic E-state index is 0.0260. The topological polar surface area (TPSA) is 46.5 Å². The summed E-state index contributed by atoms with van der Waals surface area (Å²) < 4.78 is 5.58. The molecule has 1 saturated carbocycles. The number of fused-ring (bicyclic) bond motifs is 2. The molecule has 1 aliphatic heterocycles. The van der Waals surface area contributed by atoms with Crippen LogP contribution in [0.5, 0.6) is 0 Å². The number of carbonyl (C=O) groups excluding carboxylic acids is 1. The molecule has 2 aliphatic rings. The molecule has 13 heavy (non-hydrogen) atoms. The van der Waals surface area contributed by atoms with Crippen LogP contribution in [0, 0.1) is 5.41 Å². The van der Waals surface area contributed by atoms with Gasteiger partial charge in [0.05, 0.1) is 6.10 Å². The van der Waals surface area contributed by atoms with E-state index in [9.17, 15) is 9.90 Å². The Morgan fingerprint density at radius 1 is 1.46 bits per heavy atom. The van der Waals surface area contributed by atoms with Crippen molar-refractivity contribution in [3.05, 3.63) is 0 Å². The third-order valence-corrected chi connectivity index (χ3v) is 4.41. The fourth-order valence-corrected chi connectivity index (χ4v) is 2.69. The SMILES string of the molecule is C[C@@H]1O[C@@]2(C)C(=O)C[C@]1(C)[C@@]2(C)O. The van der Waals surface area contributed by atoms with E-state index in [1.54, 1.807) is 13.8 Å². The average molecular weight is 184 g/mol. The maximum Gasteiger partial charge on any atom is 0.168 e. The molecule has 0 unspecified atom stereocenters. The van der Waals surface area contributed by atoms with Crippen molar-refractivity contribution in [2.45, 2.75) is 51.4 Å². The first-order valence-electron chi connectivity index (χ1n) is 4.69. The van der Waals surface area contributed by atoms with E-state index in [0.29, 0.717) is 6.42 Å². The number of hydrogen-bond acceptors (Lipinski definition) is 3. The van der Waals surface area contributed by atoms with Crippen LogP contribution < -0.4 is 0 Å². The van der Waals surface area contributed by atoms with Gasteiger partial charge in [0.1, 0.15) is 5.60 Å². The lowest BCUT2D eigenvalue weighted by Crippen LogP contribution is -2.50. The summed E-state index contributed by atoms with van der Waals surface area (Å²) in [6.45, 7) is 7.26. The largest absolute Gasteiger partial charge is 0.386 e. The standard InChI is InChI=1S/C10H16O3/c1-6-8(2)5-7(11)9(3,13-6)10(8,4)12/h6,12H,5H2,1-4H3/t6-,8-,9-,10+/m0/s1. The molecule has 0 spiro atoms. The van der Waals surface area contributed by atoms with Crippen molar-refractivity contribution in [2.75, 3.05) is 0 Å². The van der Waals surface area contributed by atoms with Gasteiger partial charge in [-0.1, -0.05) is 6.92 Å². The number of hydrogen-bond donors (Lipinski definition) is 1. The summed E-state index contributed by atoms with van der Waals surface area (Å²) in [7, 11) is 0. The molecule has 1 saturated heterocycles. The molecule has 3 heteroatoms. The summed E-state index contributed by atoms with van der Waals surface area (Å²) in [5, 5.41) is 10.3. The average Bonchev–Trinajstić information content (AvgIpc) is 2.18. The van der Waals surface area contributed by atoms with Crippen LogP contribution in [0.3, 0.4) is 0 Å². The van der Waals surface area contributed by atoms with Crippen LogP contribution in [-0.4, -0.2) is 28.2 Å². The third-order valence-electron chi connectivity index (χ3n) is 4.41. The molecule has 1 aliphatic carbocycles. The van der Waals surface area contributed by atoms with Crippen molar-refractivity contribution in [1.82, 2.24) is 0 Å². The van der Waals surface area contributed by atoms with Crippen molar-refractivity contribution in [3.63, 3.8) is 0 Å². The second-order valence-corrected chi connectivity index (χ2v) is 4.88. The van der Waals surface area contributed by atoms with Gasteiger partial charge in [-0.15, -0.1) is 0 Å². The Morgan fingerprint density at radius 2 is 2.00 bits per heavy atom. The van der Waals surface area contributed by atoms with Gasteiger partial charge in [0, 0.05) is 11.8 Å². The Balaban J connectivity index is 2.58. The lowest BCUT2D eigenvalue weighted by atomic mass is 9.73. The first-order valence-corrected chi connectivity index (χ1v) is 4.69. The highest BCUT2D eigenvalue weighted by molar-refractivity contribution is 5.93. The molecular weight excluding hydrogens is 168 g/mol. The van der Waals surface area contributed by atoms with E-state index in [2.05, 4.69) is 0 Å². The summed E-state index contributed by atoms with van der Waals surface area (Å²) >= 11 is 0. The summed E-state index contributed by atoms with van der Waals surface area (Å²) in [6, 6.07) is 0. The van der Waals surface area contributed by atoms with Crippen LogP contribution in [0.4, 0.5) is 0 Å². The predicted molar refractivity (Wildman–Crippen MR) is 47.3 cm³/mol. The molecule has 0 amide bonds. The Bertz CT molecular complexity index is 281. The second-order valence-electron chi connectivity index (χ2n) is 4.88. The van der Waals surface area contributed by atoms with Crippen LogP contribution >= 0.6 is 0 Å². The third kappa shape index (κ3) is 0.680. The first kappa shape index (κ1) is 9.16. The van der Waals surface area contributed by atoms with Gasteiger partial charge < -0.3 is 9.84 Å². The van der Waals surface area contributed by atoms with E-state index in [0.717, 1.165) is 0 Å². The van der Waals surface area contributed by atoms with Crippen LogP contribution in [-0.2, 0) is 9.53 Å². The summed E-state index contributed by atoms with van der Waals surface area (Å²) in [4.78, 5) is 11.6. The summed E-state index contributed by atoms with van der Waals surface area (Å²) in [5.41, 5.74) is -2.43. The zero-order valence-corrected chi connectivity index (χ0v) is 8.55. The van der Waals surface area contributed by atoms with E-state index in [1.807, 2.05) is 13.8 Å². The summed E-state index contributed by atoms with van der Waals surface area (Å²) in [6.07, 6.45) is 0.377. The van der Waals surface area contributed by atoms with Crippen molar-refractivity contribution >= 4 is 5.78 Å². The lowest BCUT2D eigenvalue weighted by Gasteiger charge is -2.33. The molecule has 0 aromatic carbocycles. The highest BCUT2D eigenvalue weighted by atomic mass is 16.5. The minimum Gasteiger partial charge on any atom is -0.386 e. The number of Topliss-reactive ketones (excluding diaryl/α,β-unsaturated/α-hetero) is 1. The van der Waals surface area contributed by atoms with Gasteiger partial charge in [-0.2, -0.15) is 0 Å². The van der Waals surface area contributed by atoms with E-state index >= 15 is 0 Å². The van der Waals surface area contributed by atoms with Crippen LogP contribution in [0.2, 0.25) is 0 Å². The van der Waals surface area contributed by atoms with Gasteiger partial charge in [-0.3, -0.25) is 4.79 Å². The van der Waals surface area contributed by atoms with Gasteiger partial charge in [-0.25, -0.2) is 0 Å². The van der Waals surface area contributed by atoms with E-state index < -0.39 is 16.6 Å². The number of carbonyl (C=O) groups is 1. The Hall–Kier alpha value is -0.410. The highest BCUT2D eigenvalue weighted by Gasteiger charge is 2.74. The van der Waals surface area contributed by atoms with E-state index in [1.165, 1.54) is 0 Å². The zero-order valence-electron chi connectivity index (χ0n) is 8.55. The van der Waals surface area contributed by atoms with Crippen LogP contribution in [0.25, 0.3) is 0 Å². The minimum atomic E-state index is -1.03. The Morgan fingerprint density at radius 3 is 2.23 bits per heavy atom. The molecule has 0 radical (unpaired) electrons. The smallest absolute Gasteiger partial charge is 0.168 e. The fraction of sp³-hybridized carbons (Fsp3) is 0.900. The molecular formula is C10H16O3. The summed E-state index contributed by atoms with van der Waals surface area (Å²) in [5.74, 6) is 0.0260. The number of rotatable bonds is 0. The molecule has 2 fully saturated rings. The monoisotopic (exact) mass is 184 g/mol. The molecule has 0 aromatic rings. The molecule has 1 N–H and O–H groups in total. The first-order chi connectivity index (χ1) is 5.76. The highest BCUT2D eigenvalue weighted by Crippen LogP contribution is 2.60. The quantitative estimate of drug-likeness (QED) is 0.608. The van der Waals surface area contributed by atoms with Gasteiger partial charge in [0.2, 0.25) is 0 Å². The maximum atomic E-state index is 11.6. The van der Waals surface area contributed by atoms with Crippen molar-refractivity contribution in [1.29, 1.82) is 0 Å². The second kappa shape index (κ2) is 1.98. The van der Waals surface area contributed by atoms with Crippen molar-refractivity contribution in [3.8, 4) is 0 Å².